The third kappa shape index (κ3) is 3.17. The Morgan fingerprint density at radius 3 is 2.73 bits per heavy atom. The molecule has 114 valence electrons. The van der Waals surface area contributed by atoms with Crippen molar-refractivity contribution in [2.45, 2.75) is 18.5 Å². The van der Waals surface area contributed by atoms with E-state index in [-0.39, 0.29) is 12.1 Å². The SMILES string of the molecule is COc1cccc(C2CC(c3cccc(Cl)c3)N=C(N)N2)c1. The number of benzene rings is 2. The van der Waals surface area contributed by atoms with E-state index in [0.717, 1.165) is 23.3 Å². The first kappa shape index (κ1) is 14.7. The van der Waals surface area contributed by atoms with E-state index in [4.69, 9.17) is 22.1 Å². The van der Waals surface area contributed by atoms with Crippen molar-refractivity contribution in [2.24, 2.45) is 10.7 Å². The highest BCUT2D eigenvalue weighted by Gasteiger charge is 2.24. The Morgan fingerprint density at radius 2 is 1.95 bits per heavy atom. The number of hydrogen-bond donors (Lipinski definition) is 2. The van der Waals surface area contributed by atoms with Crippen molar-refractivity contribution in [2.75, 3.05) is 7.11 Å². The zero-order valence-corrected chi connectivity index (χ0v) is 13.0. The maximum absolute atomic E-state index is 6.08. The van der Waals surface area contributed by atoms with E-state index in [1.165, 1.54) is 0 Å². The lowest BCUT2D eigenvalue weighted by Crippen LogP contribution is -2.39. The van der Waals surface area contributed by atoms with E-state index in [1.54, 1.807) is 7.11 Å². The van der Waals surface area contributed by atoms with Crippen LogP contribution in [0.15, 0.2) is 53.5 Å². The summed E-state index contributed by atoms with van der Waals surface area (Å²) in [5.41, 5.74) is 8.18. The molecule has 4 nitrogen and oxygen atoms in total. The summed E-state index contributed by atoms with van der Waals surface area (Å²) in [6.07, 6.45) is 0.814. The number of hydrogen-bond acceptors (Lipinski definition) is 4. The van der Waals surface area contributed by atoms with E-state index in [2.05, 4.69) is 16.4 Å². The summed E-state index contributed by atoms with van der Waals surface area (Å²) in [7, 11) is 1.66. The van der Waals surface area contributed by atoms with Crippen molar-refractivity contribution < 1.29 is 4.74 Å². The normalized spacial score (nSPS) is 20.9. The number of methoxy groups -OCH3 is 1. The largest absolute Gasteiger partial charge is 0.497 e. The van der Waals surface area contributed by atoms with Gasteiger partial charge in [0.2, 0.25) is 0 Å². The zero-order chi connectivity index (χ0) is 15.5. The van der Waals surface area contributed by atoms with Crippen LogP contribution in [0.5, 0.6) is 5.75 Å². The van der Waals surface area contributed by atoms with Gasteiger partial charge < -0.3 is 15.8 Å². The standard InChI is InChI=1S/C17H18ClN3O/c1-22-14-7-3-5-12(9-14)16-10-15(20-17(19)21-16)11-4-2-6-13(18)8-11/h2-9,15-16H,10H2,1H3,(H3,19,20,21). The predicted molar refractivity (Wildman–Crippen MR) is 89.3 cm³/mol. The third-order valence-corrected chi connectivity index (χ3v) is 4.04. The summed E-state index contributed by atoms with van der Waals surface area (Å²) in [5.74, 6) is 1.28. The second kappa shape index (κ2) is 6.28. The van der Waals surface area contributed by atoms with Gasteiger partial charge in [0, 0.05) is 5.02 Å². The van der Waals surface area contributed by atoms with E-state index >= 15 is 0 Å². The van der Waals surface area contributed by atoms with Gasteiger partial charge in [-0.15, -0.1) is 0 Å². The highest BCUT2D eigenvalue weighted by Crippen LogP contribution is 2.33. The lowest BCUT2D eigenvalue weighted by Gasteiger charge is -2.29. The molecule has 0 saturated carbocycles. The summed E-state index contributed by atoms with van der Waals surface area (Å²) in [6.45, 7) is 0. The van der Waals surface area contributed by atoms with E-state index < -0.39 is 0 Å². The molecule has 1 aliphatic heterocycles. The van der Waals surface area contributed by atoms with Crippen molar-refractivity contribution in [1.82, 2.24) is 5.32 Å². The molecule has 2 aromatic carbocycles. The summed E-state index contributed by atoms with van der Waals surface area (Å²) >= 11 is 6.08. The number of aliphatic imine (C=N–C) groups is 1. The fourth-order valence-corrected chi connectivity index (χ4v) is 2.92. The van der Waals surface area contributed by atoms with Crippen LogP contribution in [0.3, 0.4) is 0 Å². The molecular weight excluding hydrogens is 298 g/mol. The van der Waals surface area contributed by atoms with Gasteiger partial charge in [-0.2, -0.15) is 0 Å². The highest BCUT2D eigenvalue weighted by molar-refractivity contribution is 6.30. The molecule has 0 aliphatic carbocycles. The van der Waals surface area contributed by atoms with Crippen molar-refractivity contribution in [1.29, 1.82) is 0 Å². The fourth-order valence-electron chi connectivity index (χ4n) is 2.72. The van der Waals surface area contributed by atoms with Gasteiger partial charge in [0.15, 0.2) is 5.96 Å². The lowest BCUT2D eigenvalue weighted by molar-refractivity contribution is 0.412. The van der Waals surface area contributed by atoms with Crippen molar-refractivity contribution in [3.05, 3.63) is 64.7 Å². The quantitative estimate of drug-likeness (QED) is 0.912. The Hall–Kier alpha value is -2.20. The summed E-state index contributed by atoms with van der Waals surface area (Å²) in [6, 6.07) is 15.8. The van der Waals surface area contributed by atoms with Crippen LogP contribution < -0.4 is 15.8 Å². The Bertz CT molecular complexity index is 702. The molecule has 0 saturated heterocycles. The molecule has 0 spiro atoms. The number of nitrogens with zero attached hydrogens (tertiary/aromatic N) is 1. The van der Waals surface area contributed by atoms with Gasteiger partial charge in [-0.1, -0.05) is 35.9 Å². The van der Waals surface area contributed by atoms with Crippen LogP contribution in [-0.4, -0.2) is 13.1 Å². The van der Waals surface area contributed by atoms with Crippen LogP contribution >= 0.6 is 11.6 Å². The van der Waals surface area contributed by atoms with Gasteiger partial charge in [-0.25, -0.2) is 4.99 Å². The van der Waals surface area contributed by atoms with Crippen molar-refractivity contribution >= 4 is 17.6 Å². The Kier molecular flexibility index (Phi) is 4.20. The van der Waals surface area contributed by atoms with Crippen LogP contribution in [0.4, 0.5) is 0 Å². The highest BCUT2D eigenvalue weighted by atomic mass is 35.5. The monoisotopic (exact) mass is 315 g/mol. The van der Waals surface area contributed by atoms with Crippen molar-refractivity contribution in [3.63, 3.8) is 0 Å². The smallest absolute Gasteiger partial charge is 0.189 e. The average Bonchev–Trinajstić information content (AvgIpc) is 2.54. The summed E-state index contributed by atoms with van der Waals surface area (Å²) in [4.78, 5) is 4.51. The maximum Gasteiger partial charge on any atom is 0.189 e. The Balaban J connectivity index is 1.88. The molecule has 5 heteroatoms. The number of nitrogens with two attached hydrogens (primary N) is 1. The minimum absolute atomic E-state index is 0.00356. The van der Waals surface area contributed by atoms with Crippen LogP contribution in [0.25, 0.3) is 0 Å². The van der Waals surface area contributed by atoms with Gasteiger partial charge in [0.25, 0.3) is 0 Å². The third-order valence-electron chi connectivity index (χ3n) is 3.81. The Morgan fingerprint density at radius 1 is 1.18 bits per heavy atom. The van der Waals surface area contributed by atoms with E-state index in [1.807, 2.05) is 42.5 Å². The first-order chi connectivity index (χ1) is 10.7. The molecule has 0 fully saturated rings. The average molecular weight is 316 g/mol. The number of guanidine groups is 1. The molecule has 22 heavy (non-hydrogen) atoms. The minimum Gasteiger partial charge on any atom is -0.497 e. The van der Waals surface area contributed by atoms with Crippen LogP contribution in [0.1, 0.15) is 29.6 Å². The molecule has 2 aromatic rings. The molecule has 0 bridgehead atoms. The first-order valence-electron chi connectivity index (χ1n) is 7.15. The molecule has 3 N–H and O–H groups in total. The van der Waals surface area contributed by atoms with Gasteiger partial charge in [0.1, 0.15) is 5.75 Å². The van der Waals surface area contributed by atoms with Gasteiger partial charge in [-0.3, -0.25) is 0 Å². The molecule has 2 atom stereocenters. The second-order valence-electron chi connectivity index (χ2n) is 5.29. The number of halogens is 1. The van der Waals surface area contributed by atoms with Crippen LogP contribution in [-0.2, 0) is 0 Å². The topological polar surface area (TPSA) is 59.6 Å². The lowest BCUT2D eigenvalue weighted by atomic mass is 9.94. The molecular formula is C17H18ClN3O. The molecule has 2 unspecified atom stereocenters. The fraction of sp³-hybridized carbons (Fsp3) is 0.235. The summed E-state index contributed by atoms with van der Waals surface area (Å²) in [5, 5.41) is 3.95. The van der Waals surface area contributed by atoms with Crippen molar-refractivity contribution in [3.8, 4) is 5.75 Å². The molecule has 0 radical (unpaired) electrons. The Labute approximate surface area is 135 Å². The second-order valence-corrected chi connectivity index (χ2v) is 5.73. The van der Waals surface area contributed by atoms with E-state index in [0.29, 0.717) is 11.0 Å². The molecule has 0 amide bonds. The van der Waals surface area contributed by atoms with Crippen LogP contribution in [0, 0.1) is 0 Å². The number of nitrogens with one attached hydrogen (secondary N) is 1. The summed E-state index contributed by atoms with van der Waals surface area (Å²) < 4.78 is 5.29. The number of ether oxygens (including phenoxy) is 1. The van der Waals surface area contributed by atoms with Crippen LogP contribution in [0.2, 0.25) is 5.02 Å². The minimum atomic E-state index is -0.00356. The first-order valence-corrected chi connectivity index (χ1v) is 7.53. The van der Waals surface area contributed by atoms with Gasteiger partial charge in [0.05, 0.1) is 19.2 Å². The molecule has 3 rings (SSSR count). The number of rotatable bonds is 3. The molecule has 0 aromatic heterocycles. The van der Waals surface area contributed by atoms with Gasteiger partial charge >= 0.3 is 0 Å². The maximum atomic E-state index is 6.08. The molecule has 1 aliphatic rings. The van der Waals surface area contributed by atoms with E-state index in [9.17, 15) is 0 Å². The van der Waals surface area contributed by atoms with Gasteiger partial charge in [-0.05, 0) is 41.8 Å². The zero-order valence-electron chi connectivity index (χ0n) is 12.3. The predicted octanol–water partition coefficient (Wildman–Crippen LogP) is 3.44. The molecule has 1 heterocycles.